The van der Waals surface area contributed by atoms with Crippen LogP contribution in [0.3, 0.4) is 0 Å². The van der Waals surface area contributed by atoms with Gasteiger partial charge in [0.1, 0.15) is 0 Å². The molecule has 3 aliphatic rings. The third-order valence-corrected chi connectivity index (χ3v) is 4.45. The van der Waals surface area contributed by atoms with Crippen LogP contribution in [0, 0.1) is 17.8 Å². The molecule has 1 saturated heterocycles. The molecular formula is C14H22N2O2. The van der Waals surface area contributed by atoms with Crippen molar-refractivity contribution in [2.24, 2.45) is 22.7 Å². The highest BCUT2D eigenvalue weighted by atomic mass is 16.5. The third-order valence-electron chi connectivity index (χ3n) is 4.45. The molecule has 2 saturated carbocycles. The number of amides is 1. The van der Waals surface area contributed by atoms with Gasteiger partial charge in [-0.3, -0.25) is 10.1 Å². The van der Waals surface area contributed by atoms with E-state index < -0.39 is 0 Å². The molecule has 100 valence electrons. The number of carbonyl (C=O) groups excluding carboxylic acids is 1. The first-order chi connectivity index (χ1) is 8.61. The van der Waals surface area contributed by atoms with Crippen molar-refractivity contribution in [3.05, 3.63) is 0 Å². The zero-order chi connectivity index (χ0) is 12.7. The van der Waals surface area contributed by atoms with E-state index in [-0.39, 0.29) is 12.0 Å². The molecule has 4 atom stereocenters. The standard InChI is InChI=1S/C14H22N2O2/c1-8(2)5-12-13(17)16-14(18-12)15-11-7-9-3-4-10(11)6-9/h8-12H,3-7H2,1-2H3,(H,15,16,17). The number of aliphatic imine (C=N–C) groups is 1. The number of fused-ring (bicyclic) bond motifs is 2. The van der Waals surface area contributed by atoms with Gasteiger partial charge in [0.25, 0.3) is 11.9 Å². The van der Waals surface area contributed by atoms with E-state index in [4.69, 9.17) is 4.74 Å². The second-order valence-corrected chi connectivity index (χ2v) is 6.40. The van der Waals surface area contributed by atoms with E-state index in [1.54, 1.807) is 0 Å². The predicted molar refractivity (Wildman–Crippen MR) is 69.1 cm³/mol. The Balaban J connectivity index is 1.62. The molecule has 0 spiro atoms. The lowest BCUT2D eigenvalue weighted by Crippen LogP contribution is -2.27. The monoisotopic (exact) mass is 250 g/mol. The molecule has 1 amide bonds. The molecule has 0 aromatic heterocycles. The van der Waals surface area contributed by atoms with Crippen molar-refractivity contribution in [1.82, 2.24) is 5.32 Å². The number of hydrogen-bond donors (Lipinski definition) is 1. The fourth-order valence-electron chi connectivity index (χ4n) is 3.57. The summed E-state index contributed by atoms with van der Waals surface area (Å²) in [6.07, 6.45) is 5.61. The van der Waals surface area contributed by atoms with Crippen LogP contribution in [-0.4, -0.2) is 24.1 Å². The summed E-state index contributed by atoms with van der Waals surface area (Å²) in [4.78, 5) is 16.4. The summed E-state index contributed by atoms with van der Waals surface area (Å²) >= 11 is 0. The maximum absolute atomic E-state index is 11.7. The summed E-state index contributed by atoms with van der Waals surface area (Å²) in [7, 11) is 0. The molecule has 0 aromatic carbocycles. The van der Waals surface area contributed by atoms with Gasteiger partial charge >= 0.3 is 0 Å². The van der Waals surface area contributed by atoms with Crippen molar-refractivity contribution < 1.29 is 9.53 Å². The molecular weight excluding hydrogens is 228 g/mol. The molecule has 4 unspecified atom stereocenters. The third kappa shape index (κ3) is 2.25. The predicted octanol–water partition coefficient (Wildman–Crippen LogP) is 2.09. The van der Waals surface area contributed by atoms with E-state index in [1.165, 1.54) is 25.7 Å². The summed E-state index contributed by atoms with van der Waals surface area (Å²) in [6, 6.07) is 0.861. The van der Waals surface area contributed by atoms with Crippen molar-refractivity contribution >= 4 is 11.9 Å². The highest BCUT2D eigenvalue weighted by molar-refractivity contribution is 6.02. The van der Waals surface area contributed by atoms with Gasteiger partial charge in [-0.1, -0.05) is 20.3 Å². The summed E-state index contributed by atoms with van der Waals surface area (Å²) in [5, 5.41) is 2.78. The minimum Gasteiger partial charge on any atom is -0.452 e. The molecule has 4 heteroatoms. The summed E-state index contributed by atoms with van der Waals surface area (Å²) in [6.45, 7) is 4.20. The van der Waals surface area contributed by atoms with Gasteiger partial charge in [0, 0.05) is 0 Å². The maximum Gasteiger partial charge on any atom is 0.292 e. The zero-order valence-electron chi connectivity index (χ0n) is 11.2. The van der Waals surface area contributed by atoms with E-state index in [0.717, 1.165) is 18.3 Å². The van der Waals surface area contributed by atoms with Crippen molar-refractivity contribution in [2.75, 3.05) is 0 Å². The number of ether oxygens (including phenoxy) is 1. The lowest BCUT2D eigenvalue weighted by atomic mass is 9.96. The van der Waals surface area contributed by atoms with Gasteiger partial charge < -0.3 is 4.74 Å². The van der Waals surface area contributed by atoms with E-state index in [9.17, 15) is 4.79 Å². The van der Waals surface area contributed by atoms with Gasteiger partial charge in [-0.2, -0.15) is 0 Å². The highest BCUT2D eigenvalue weighted by Crippen LogP contribution is 2.46. The number of nitrogens with one attached hydrogen (secondary N) is 1. The van der Waals surface area contributed by atoms with Crippen LogP contribution < -0.4 is 5.32 Å². The fourth-order valence-corrected chi connectivity index (χ4v) is 3.57. The summed E-state index contributed by atoms with van der Waals surface area (Å²) < 4.78 is 5.64. The molecule has 2 bridgehead atoms. The Morgan fingerprint density at radius 1 is 1.39 bits per heavy atom. The molecule has 0 radical (unpaired) electrons. The first-order valence-corrected chi connectivity index (χ1v) is 7.17. The Bertz CT molecular complexity index is 378. The molecule has 0 aromatic rings. The van der Waals surface area contributed by atoms with Crippen molar-refractivity contribution in [3.8, 4) is 0 Å². The summed E-state index contributed by atoms with van der Waals surface area (Å²) in [5.41, 5.74) is 0. The molecule has 1 N–H and O–H groups in total. The number of hydrogen-bond acceptors (Lipinski definition) is 3. The number of nitrogens with zero attached hydrogens (tertiary/aromatic N) is 1. The lowest BCUT2D eigenvalue weighted by molar-refractivity contribution is -0.123. The van der Waals surface area contributed by atoms with Crippen LogP contribution in [0.2, 0.25) is 0 Å². The maximum atomic E-state index is 11.7. The van der Waals surface area contributed by atoms with Crippen molar-refractivity contribution in [2.45, 2.75) is 58.1 Å². The van der Waals surface area contributed by atoms with Gasteiger partial charge in [0.2, 0.25) is 0 Å². The molecule has 1 heterocycles. The second-order valence-electron chi connectivity index (χ2n) is 6.40. The van der Waals surface area contributed by atoms with Gasteiger partial charge in [0.15, 0.2) is 6.10 Å². The minimum absolute atomic E-state index is 0.0226. The molecule has 3 rings (SSSR count). The Labute approximate surface area is 108 Å². The molecule has 3 fully saturated rings. The first-order valence-electron chi connectivity index (χ1n) is 7.17. The minimum atomic E-state index is -0.331. The average molecular weight is 250 g/mol. The topological polar surface area (TPSA) is 50.7 Å². The fraction of sp³-hybridized carbons (Fsp3) is 0.857. The number of rotatable bonds is 3. The van der Waals surface area contributed by atoms with Gasteiger partial charge in [-0.25, -0.2) is 4.99 Å². The quantitative estimate of drug-likeness (QED) is 0.834. The first kappa shape index (κ1) is 12.0. The van der Waals surface area contributed by atoms with Gasteiger partial charge in [0.05, 0.1) is 6.04 Å². The van der Waals surface area contributed by atoms with E-state index in [1.807, 2.05) is 0 Å². The van der Waals surface area contributed by atoms with Crippen LogP contribution in [0.25, 0.3) is 0 Å². The van der Waals surface area contributed by atoms with Gasteiger partial charge in [-0.15, -0.1) is 0 Å². The number of amidine groups is 1. The summed E-state index contributed by atoms with van der Waals surface area (Å²) in [5.74, 6) is 2.04. The number of carbonyl (C=O) groups is 1. The molecule has 4 nitrogen and oxygen atoms in total. The Kier molecular flexibility index (Phi) is 3.04. The zero-order valence-corrected chi connectivity index (χ0v) is 11.2. The molecule has 2 aliphatic carbocycles. The van der Waals surface area contributed by atoms with Crippen LogP contribution in [-0.2, 0) is 9.53 Å². The van der Waals surface area contributed by atoms with E-state index >= 15 is 0 Å². The smallest absolute Gasteiger partial charge is 0.292 e. The molecule has 1 aliphatic heterocycles. The van der Waals surface area contributed by atoms with Crippen LogP contribution in [0.5, 0.6) is 0 Å². The van der Waals surface area contributed by atoms with Gasteiger partial charge in [-0.05, 0) is 43.4 Å². The van der Waals surface area contributed by atoms with E-state index in [2.05, 4.69) is 24.2 Å². The SMILES string of the molecule is CC(C)CC1OC(=NC2CC3CCC2C3)NC1=O. The molecule has 18 heavy (non-hydrogen) atoms. The van der Waals surface area contributed by atoms with Crippen LogP contribution in [0.1, 0.15) is 46.0 Å². The Morgan fingerprint density at radius 3 is 2.83 bits per heavy atom. The normalized spacial score (nSPS) is 40.6. The van der Waals surface area contributed by atoms with Crippen LogP contribution >= 0.6 is 0 Å². The van der Waals surface area contributed by atoms with Crippen LogP contribution in [0.15, 0.2) is 4.99 Å². The Hall–Kier alpha value is -1.06. The largest absolute Gasteiger partial charge is 0.452 e. The van der Waals surface area contributed by atoms with E-state index in [0.29, 0.717) is 18.0 Å². The van der Waals surface area contributed by atoms with Crippen LogP contribution in [0.4, 0.5) is 0 Å². The highest BCUT2D eigenvalue weighted by Gasteiger charge is 2.41. The van der Waals surface area contributed by atoms with Crippen molar-refractivity contribution in [3.63, 3.8) is 0 Å². The average Bonchev–Trinajstić information content (AvgIpc) is 2.95. The second kappa shape index (κ2) is 4.56. The van der Waals surface area contributed by atoms with Crippen molar-refractivity contribution in [1.29, 1.82) is 0 Å². The Morgan fingerprint density at radius 2 is 2.22 bits per heavy atom. The lowest BCUT2D eigenvalue weighted by Gasteiger charge is -2.17.